The van der Waals surface area contributed by atoms with Crippen LogP contribution in [-0.2, 0) is 15.7 Å². The molecule has 2 aromatic rings. The molecule has 1 aromatic carbocycles. The molecule has 0 amide bonds. The van der Waals surface area contributed by atoms with Crippen LogP contribution in [-0.4, -0.2) is 31.2 Å². The number of aromatic nitrogens is 1. The highest BCUT2D eigenvalue weighted by molar-refractivity contribution is 7.22. The Morgan fingerprint density at radius 1 is 1.43 bits per heavy atom. The molecule has 0 saturated carbocycles. The molecule has 1 fully saturated rings. The third-order valence-corrected chi connectivity index (χ3v) is 5.22. The molecule has 1 saturated heterocycles. The molecule has 1 aromatic heterocycles. The number of benzene rings is 1. The van der Waals surface area contributed by atoms with Crippen LogP contribution in [0.5, 0.6) is 0 Å². The van der Waals surface area contributed by atoms with Crippen LogP contribution in [0, 0.1) is 5.41 Å². The quantitative estimate of drug-likeness (QED) is 0.779. The monoisotopic (exact) mass is 344 g/mol. The van der Waals surface area contributed by atoms with Crippen LogP contribution < -0.4 is 4.90 Å². The van der Waals surface area contributed by atoms with E-state index in [1.165, 1.54) is 24.5 Å². The smallest absolute Gasteiger partial charge is 0.416 e. The van der Waals surface area contributed by atoms with Gasteiger partial charge in [0.2, 0.25) is 0 Å². The highest BCUT2D eigenvalue weighted by Crippen LogP contribution is 2.39. The minimum atomic E-state index is -4.38. The second-order valence-electron chi connectivity index (χ2n) is 5.90. The van der Waals surface area contributed by atoms with E-state index in [0.29, 0.717) is 34.9 Å². The van der Waals surface area contributed by atoms with Gasteiger partial charge < -0.3 is 9.64 Å². The van der Waals surface area contributed by atoms with Gasteiger partial charge in [-0.05, 0) is 31.5 Å². The SMILES string of the molecule is COC(=O)C1(C)CCN(c2nc3cc(C(F)(F)F)ccc3s2)C1. The van der Waals surface area contributed by atoms with Crippen molar-refractivity contribution in [1.82, 2.24) is 4.98 Å². The molecule has 0 aliphatic carbocycles. The Kier molecular flexibility index (Phi) is 3.74. The van der Waals surface area contributed by atoms with E-state index in [1.54, 1.807) is 0 Å². The van der Waals surface area contributed by atoms with Crippen LogP contribution in [0.2, 0.25) is 0 Å². The van der Waals surface area contributed by atoms with Crippen molar-refractivity contribution in [3.05, 3.63) is 23.8 Å². The number of fused-ring (bicyclic) bond motifs is 1. The fraction of sp³-hybridized carbons (Fsp3) is 0.467. The molecule has 0 N–H and O–H groups in total. The van der Waals surface area contributed by atoms with E-state index < -0.39 is 17.2 Å². The maximum Gasteiger partial charge on any atom is 0.416 e. The summed E-state index contributed by atoms with van der Waals surface area (Å²) in [6.45, 7) is 2.90. The Labute approximate surface area is 134 Å². The second kappa shape index (κ2) is 5.36. The molecule has 23 heavy (non-hydrogen) atoms. The van der Waals surface area contributed by atoms with Gasteiger partial charge in [-0.2, -0.15) is 13.2 Å². The molecule has 0 radical (unpaired) electrons. The summed E-state index contributed by atoms with van der Waals surface area (Å²) >= 11 is 1.33. The van der Waals surface area contributed by atoms with Crippen LogP contribution in [0.3, 0.4) is 0 Å². The number of carbonyl (C=O) groups excluding carboxylic acids is 1. The molecule has 0 spiro atoms. The minimum absolute atomic E-state index is 0.277. The highest BCUT2D eigenvalue weighted by Gasteiger charge is 2.42. The van der Waals surface area contributed by atoms with E-state index >= 15 is 0 Å². The van der Waals surface area contributed by atoms with Gasteiger partial charge in [0.25, 0.3) is 0 Å². The molecule has 3 rings (SSSR count). The third kappa shape index (κ3) is 2.87. The van der Waals surface area contributed by atoms with E-state index in [2.05, 4.69) is 4.98 Å². The minimum Gasteiger partial charge on any atom is -0.469 e. The fourth-order valence-electron chi connectivity index (χ4n) is 2.76. The van der Waals surface area contributed by atoms with E-state index in [0.717, 1.165) is 12.1 Å². The van der Waals surface area contributed by atoms with Gasteiger partial charge in [-0.1, -0.05) is 11.3 Å². The van der Waals surface area contributed by atoms with Crippen molar-refractivity contribution in [1.29, 1.82) is 0 Å². The number of halogens is 3. The predicted molar refractivity (Wildman–Crippen MR) is 81.6 cm³/mol. The number of methoxy groups -OCH3 is 1. The number of rotatable bonds is 2. The summed E-state index contributed by atoms with van der Waals surface area (Å²) in [4.78, 5) is 18.1. The largest absolute Gasteiger partial charge is 0.469 e. The van der Waals surface area contributed by atoms with Gasteiger partial charge >= 0.3 is 12.1 Å². The number of thiazole rings is 1. The first kappa shape index (κ1) is 16.0. The van der Waals surface area contributed by atoms with Crippen molar-refractivity contribution in [3.8, 4) is 0 Å². The lowest BCUT2D eigenvalue weighted by Gasteiger charge is -2.21. The zero-order valence-corrected chi connectivity index (χ0v) is 13.4. The molecule has 1 aliphatic rings. The van der Waals surface area contributed by atoms with E-state index in [4.69, 9.17) is 4.74 Å². The third-order valence-electron chi connectivity index (χ3n) is 4.13. The summed E-state index contributed by atoms with van der Waals surface area (Å²) in [6.07, 6.45) is -3.75. The van der Waals surface area contributed by atoms with Gasteiger partial charge in [0.1, 0.15) is 0 Å². The number of hydrogen-bond acceptors (Lipinski definition) is 5. The van der Waals surface area contributed by atoms with Crippen molar-refractivity contribution >= 4 is 32.7 Å². The van der Waals surface area contributed by atoms with Gasteiger partial charge in [-0.15, -0.1) is 0 Å². The van der Waals surface area contributed by atoms with Crippen LogP contribution in [0.4, 0.5) is 18.3 Å². The Bertz CT molecular complexity index is 759. The van der Waals surface area contributed by atoms with Crippen LogP contribution in [0.25, 0.3) is 10.2 Å². The average molecular weight is 344 g/mol. The van der Waals surface area contributed by atoms with Crippen molar-refractivity contribution in [2.24, 2.45) is 5.41 Å². The van der Waals surface area contributed by atoms with Crippen molar-refractivity contribution in [2.45, 2.75) is 19.5 Å². The topological polar surface area (TPSA) is 42.4 Å². The number of ether oxygens (including phenoxy) is 1. The van der Waals surface area contributed by atoms with Gasteiger partial charge in [0, 0.05) is 13.1 Å². The molecular formula is C15H15F3N2O2S. The van der Waals surface area contributed by atoms with Gasteiger partial charge in [-0.25, -0.2) is 4.98 Å². The zero-order chi connectivity index (χ0) is 16.8. The van der Waals surface area contributed by atoms with Crippen LogP contribution in [0.1, 0.15) is 18.9 Å². The molecule has 2 heterocycles. The first-order chi connectivity index (χ1) is 10.7. The number of alkyl halides is 3. The molecule has 4 nitrogen and oxygen atoms in total. The van der Waals surface area contributed by atoms with Crippen molar-refractivity contribution in [2.75, 3.05) is 25.1 Å². The molecule has 8 heteroatoms. The molecule has 124 valence electrons. The number of hydrogen-bond donors (Lipinski definition) is 0. The molecule has 1 atom stereocenters. The lowest BCUT2D eigenvalue weighted by Crippen LogP contribution is -2.32. The number of carbonyl (C=O) groups is 1. The Morgan fingerprint density at radius 3 is 2.83 bits per heavy atom. The summed E-state index contributed by atoms with van der Waals surface area (Å²) in [6, 6.07) is 3.56. The maximum atomic E-state index is 12.8. The van der Waals surface area contributed by atoms with Crippen LogP contribution >= 0.6 is 11.3 Å². The Balaban J connectivity index is 1.89. The van der Waals surface area contributed by atoms with Gasteiger partial charge in [-0.3, -0.25) is 4.79 Å². The van der Waals surface area contributed by atoms with Crippen LogP contribution in [0.15, 0.2) is 18.2 Å². The number of nitrogens with zero attached hydrogens (tertiary/aromatic N) is 2. The molecule has 1 aliphatic heterocycles. The van der Waals surface area contributed by atoms with E-state index in [1.807, 2.05) is 11.8 Å². The Hall–Kier alpha value is -1.83. The standard InChI is InChI=1S/C15H15F3N2O2S/c1-14(12(21)22-2)5-6-20(8-14)13-19-10-7-9(15(16,17)18)3-4-11(10)23-13/h3-4,7H,5-6,8H2,1-2H3. The fourth-order valence-corrected chi connectivity index (χ4v) is 3.74. The summed E-state index contributed by atoms with van der Waals surface area (Å²) in [5.41, 5.74) is -0.988. The Morgan fingerprint density at radius 2 is 2.17 bits per heavy atom. The maximum absolute atomic E-state index is 12.8. The zero-order valence-electron chi connectivity index (χ0n) is 12.6. The average Bonchev–Trinajstić information content (AvgIpc) is 3.08. The summed E-state index contributed by atoms with van der Waals surface area (Å²) in [5, 5.41) is 0.631. The second-order valence-corrected chi connectivity index (χ2v) is 6.91. The number of anilines is 1. The summed E-state index contributed by atoms with van der Waals surface area (Å²) in [5.74, 6) is -0.277. The molecule has 0 bridgehead atoms. The first-order valence-electron chi connectivity index (χ1n) is 7.04. The number of esters is 1. The van der Waals surface area contributed by atoms with E-state index in [9.17, 15) is 18.0 Å². The van der Waals surface area contributed by atoms with Gasteiger partial charge in [0.05, 0.1) is 28.3 Å². The highest BCUT2D eigenvalue weighted by atomic mass is 32.1. The van der Waals surface area contributed by atoms with Crippen molar-refractivity contribution in [3.63, 3.8) is 0 Å². The summed E-state index contributed by atoms with van der Waals surface area (Å²) < 4.78 is 43.8. The lowest BCUT2D eigenvalue weighted by molar-refractivity contribution is -0.150. The molecule has 1 unspecified atom stereocenters. The van der Waals surface area contributed by atoms with Crippen molar-refractivity contribution < 1.29 is 22.7 Å². The van der Waals surface area contributed by atoms with E-state index in [-0.39, 0.29) is 5.97 Å². The van der Waals surface area contributed by atoms with Gasteiger partial charge in [0.15, 0.2) is 5.13 Å². The lowest BCUT2D eigenvalue weighted by atomic mass is 9.90. The first-order valence-corrected chi connectivity index (χ1v) is 7.86. The summed E-state index contributed by atoms with van der Waals surface area (Å²) in [7, 11) is 1.35. The predicted octanol–water partition coefficient (Wildman–Crippen LogP) is 3.70. The normalized spacial score (nSPS) is 21.9. The molecular weight excluding hydrogens is 329 g/mol.